The number of nitrogens with one attached hydrogen (secondary N) is 1. The summed E-state index contributed by atoms with van der Waals surface area (Å²) in [6.45, 7) is 6.25. The summed E-state index contributed by atoms with van der Waals surface area (Å²) in [5.74, 6) is -0.369. The number of carboxylic acid groups (broad SMARTS) is 1. The van der Waals surface area contributed by atoms with Crippen LogP contribution in [0.2, 0.25) is 5.15 Å². The van der Waals surface area contributed by atoms with Crippen LogP contribution in [0, 0.1) is 13.8 Å². The van der Waals surface area contributed by atoms with Gasteiger partial charge in [-0.15, -0.1) is 0 Å². The van der Waals surface area contributed by atoms with E-state index in [4.69, 9.17) is 21.5 Å². The molecule has 2 heterocycles. The van der Waals surface area contributed by atoms with Crippen molar-refractivity contribution >= 4 is 29.3 Å². The van der Waals surface area contributed by atoms with Gasteiger partial charge in [0, 0.05) is 25.6 Å². The molecular weight excluding hydrogens is 310 g/mol. The number of carbonyl (C=O) groups excluding carboxylic acids is 1. The van der Waals surface area contributed by atoms with Gasteiger partial charge in [-0.05, 0) is 19.9 Å². The number of rotatable bonds is 2. The van der Waals surface area contributed by atoms with Crippen molar-refractivity contribution in [2.24, 2.45) is 0 Å². The predicted molar refractivity (Wildman–Crippen MR) is 81.3 cm³/mol. The predicted octanol–water partition coefficient (Wildman–Crippen LogP) is 1.98. The summed E-state index contributed by atoms with van der Waals surface area (Å²) in [6.07, 6.45) is 0. The lowest BCUT2D eigenvalue weighted by atomic mass is 10.4. The van der Waals surface area contributed by atoms with E-state index in [1.54, 1.807) is 4.68 Å². The summed E-state index contributed by atoms with van der Waals surface area (Å²) in [7, 11) is 0. The Morgan fingerprint density at radius 2 is 1.82 bits per heavy atom. The van der Waals surface area contributed by atoms with E-state index in [-0.39, 0.29) is 11.1 Å². The van der Waals surface area contributed by atoms with Gasteiger partial charge in [-0.1, -0.05) is 11.6 Å². The Morgan fingerprint density at radius 3 is 2.27 bits per heavy atom. The molecule has 0 aliphatic rings. The van der Waals surface area contributed by atoms with Crippen LogP contribution in [0.15, 0.2) is 12.1 Å². The lowest BCUT2D eigenvalue weighted by Gasteiger charge is -2.06. The summed E-state index contributed by atoms with van der Waals surface area (Å²) < 4.78 is 1.58. The molecule has 2 aromatic heterocycles. The molecule has 9 heteroatoms. The second kappa shape index (κ2) is 7.51. The number of aryl methyl sites for hydroxylation is 2. The third kappa shape index (κ3) is 5.49. The largest absolute Gasteiger partial charge is 0.481 e. The van der Waals surface area contributed by atoms with Crippen molar-refractivity contribution in [1.29, 1.82) is 0 Å². The zero-order valence-electron chi connectivity index (χ0n) is 12.6. The van der Waals surface area contributed by atoms with Crippen molar-refractivity contribution in [1.82, 2.24) is 19.7 Å². The second-order valence-electron chi connectivity index (χ2n) is 4.42. The third-order valence-electron chi connectivity index (χ3n) is 2.19. The highest BCUT2D eigenvalue weighted by molar-refractivity contribution is 6.29. The molecule has 2 aromatic rings. The number of anilines is 1. The van der Waals surface area contributed by atoms with Crippen LogP contribution in [-0.4, -0.2) is 36.7 Å². The molecule has 0 fully saturated rings. The SMILES string of the molecule is CC(=O)Nc1cc(Cl)nc(-n2nc(C)cc2C)n1.CC(=O)O. The smallest absolute Gasteiger partial charge is 0.300 e. The van der Waals surface area contributed by atoms with E-state index < -0.39 is 5.97 Å². The fourth-order valence-electron chi connectivity index (χ4n) is 1.58. The van der Waals surface area contributed by atoms with Crippen molar-refractivity contribution in [2.75, 3.05) is 5.32 Å². The second-order valence-corrected chi connectivity index (χ2v) is 4.80. The van der Waals surface area contributed by atoms with Crippen molar-refractivity contribution in [2.45, 2.75) is 27.7 Å². The van der Waals surface area contributed by atoms with Crippen LogP contribution in [0.4, 0.5) is 5.82 Å². The average Bonchev–Trinajstić information content (AvgIpc) is 2.66. The average molecular weight is 326 g/mol. The standard InChI is InChI=1S/C11H12ClN5O.C2H4O2/c1-6-4-7(2)17(16-6)11-14-9(12)5-10(15-11)13-8(3)18;1-2(3)4/h4-5H,1-3H3,(H,13,14,15,18);1H3,(H,3,4). The van der Waals surface area contributed by atoms with Gasteiger partial charge < -0.3 is 10.4 Å². The molecule has 0 radical (unpaired) electrons. The molecule has 0 aliphatic heterocycles. The first-order valence-corrected chi connectivity index (χ1v) is 6.62. The van der Waals surface area contributed by atoms with Crippen LogP contribution in [0.1, 0.15) is 25.2 Å². The Labute approximate surface area is 132 Å². The zero-order chi connectivity index (χ0) is 16.9. The lowest BCUT2D eigenvalue weighted by Crippen LogP contribution is -2.11. The molecule has 0 aliphatic carbocycles. The topological polar surface area (TPSA) is 110 Å². The number of nitrogens with zero attached hydrogens (tertiary/aromatic N) is 4. The number of amides is 1. The first-order valence-electron chi connectivity index (χ1n) is 6.24. The van der Waals surface area contributed by atoms with Gasteiger partial charge in [-0.25, -0.2) is 4.68 Å². The van der Waals surface area contributed by atoms with Crippen molar-refractivity contribution in [3.05, 3.63) is 28.7 Å². The van der Waals surface area contributed by atoms with Gasteiger partial charge in [-0.2, -0.15) is 15.1 Å². The fourth-order valence-corrected chi connectivity index (χ4v) is 1.76. The zero-order valence-corrected chi connectivity index (χ0v) is 13.3. The molecule has 118 valence electrons. The monoisotopic (exact) mass is 325 g/mol. The molecule has 0 saturated heterocycles. The maximum atomic E-state index is 11.0. The number of halogens is 1. The van der Waals surface area contributed by atoms with Crippen LogP contribution in [-0.2, 0) is 9.59 Å². The summed E-state index contributed by atoms with van der Waals surface area (Å²) in [4.78, 5) is 28.3. The quantitative estimate of drug-likeness (QED) is 0.817. The van der Waals surface area contributed by atoms with Gasteiger partial charge >= 0.3 is 0 Å². The van der Waals surface area contributed by atoms with E-state index in [1.807, 2.05) is 19.9 Å². The highest BCUT2D eigenvalue weighted by Crippen LogP contribution is 2.15. The number of aliphatic carboxylic acids is 1. The first kappa shape index (κ1) is 17.6. The van der Waals surface area contributed by atoms with Crippen LogP contribution >= 0.6 is 11.6 Å². The third-order valence-corrected chi connectivity index (χ3v) is 2.38. The molecule has 0 spiro atoms. The highest BCUT2D eigenvalue weighted by Gasteiger charge is 2.10. The molecule has 2 N–H and O–H groups in total. The Hall–Kier alpha value is -2.48. The maximum Gasteiger partial charge on any atom is 0.300 e. The minimum atomic E-state index is -0.833. The fraction of sp³-hybridized carbons (Fsp3) is 0.308. The number of hydrogen-bond donors (Lipinski definition) is 2. The van der Waals surface area contributed by atoms with Crippen molar-refractivity contribution in [3.63, 3.8) is 0 Å². The van der Waals surface area contributed by atoms with Crippen molar-refractivity contribution in [3.8, 4) is 5.95 Å². The van der Waals surface area contributed by atoms with Crippen LogP contribution in [0.25, 0.3) is 5.95 Å². The molecule has 22 heavy (non-hydrogen) atoms. The van der Waals surface area contributed by atoms with E-state index >= 15 is 0 Å². The molecule has 0 saturated carbocycles. The Morgan fingerprint density at radius 1 is 1.23 bits per heavy atom. The molecule has 0 aromatic carbocycles. The summed E-state index contributed by atoms with van der Waals surface area (Å²) in [5.41, 5.74) is 1.75. The maximum absolute atomic E-state index is 11.0. The molecule has 0 unspecified atom stereocenters. The Balaban J connectivity index is 0.000000541. The minimum Gasteiger partial charge on any atom is -0.481 e. The number of carbonyl (C=O) groups is 2. The minimum absolute atomic E-state index is 0.218. The molecule has 1 amide bonds. The Bertz CT molecular complexity index is 695. The number of hydrogen-bond acceptors (Lipinski definition) is 5. The number of carboxylic acids is 1. The van der Waals surface area contributed by atoms with Gasteiger partial charge in [0.2, 0.25) is 5.91 Å². The van der Waals surface area contributed by atoms with Crippen LogP contribution < -0.4 is 5.32 Å². The van der Waals surface area contributed by atoms with Gasteiger partial charge in [0.25, 0.3) is 11.9 Å². The summed E-state index contributed by atoms with van der Waals surface area (Å²) in [5, 5.41) is 14.5. The van der Waals surface area contributed by atoms with E-state index in [0.29, 0.717) is 11.8 Å². The molecule has 0 atom stereocenters. The highest BCUT2D eigenvalue weighted by atomic mass is 35.5. The van der Waals surface area contributed by atoms with Crippen LogP contribution in [0.3, 0.4) is 0 Å². The van der Waals surface area contributed by atoms with E-state index in [9.17, 15) is 4.79 Å². The molecule has 2 rings (SSSR count). The first-order chi connectivity index (χ1) is 10.2. The summed E-state index contributed by atoms with van der Waals surface area (Å²) >= 11 is 5.90. The van der Waals surface area contributed by atoms with Crippen LogP contribution in [0.5, 0.6) is 0 Å². The molecular formula is C13H16ClN5O3. The molecule has 8 nitrogen and oxygen atoms in total. The molecule has 0 bridgehead atoms. The van der Waals surface area contributed by atoms with E-state index in [1.165, 1.54) is 13.0 Å². The van der Waals surface area contributed by atoms with E-state index in [2.05, 4.69) is 20.4 Å². The van der Waals surface area contributed by atoms with Gasteiger partial charge in [-0.3, -0.25) is 9.59 Å². The lowest BCUT2D eigenvalue weighted by molar-refractivity contribution is -0.134. The van der Waals surface area contributed by atoms with Gasteiger partial charge in [0.05, 0.1) is 5.69 Å². The van der Waals surface area contributed by atoms with Gasteiger partial charge in [0.15, 0.2) is 0 Å². The van der Waals surface area contributed by atoms with Crippen molar-refractivity contribution < 1.29 is 14.7 Å². The van der Waals surface area contributed by atoms with Gasteiger partial charge in [0.1, 0.15) is 11.0 Å². The summed E-state index contributed by atoms with van der Waals surface area (Å²) in [6, 6.07) is 3.39. The normalized spacial score (nSPS) is 9.68. The Kier molecular flexibility index (Phi) is 6.00. The number of aromatic nitrogens is 4. The van der Waals surface area contributed by atoms with E-state index in [0.717, 1.165) is 18.3 Å².